The lowest BCUT2D eigenvalue weighted by Gasteiger charge is -2.19. The molecule has 0 fully saturated rings. The van der Waals surface area contributed by atoms with E-state index in [0.717, 1.165) is 12.8 Å². The first kappa shape index (κ1) is 13.5. The summed E-state index contributed by atoms with van der Waals surface area (Å²) in [6.45, 7) is 5.59. The molecule has 1 atom stereocenters. The maximum absolute atomic E-state index is 11.4. The van der Waals surface area contributed by atoms with Gasteiger partial charge >= 0.3 is 12.0 Å². The normalized spacial score (nSPS) is 11.6. The molecule has 2 N–H and O–H groups in total. The van der Waals surface area contributed by atoms with Gasteiger partial charge in [0.2, 0.25) is 0 Å². The highest BCUT2D eigenvalue weighted by atomic mass is 16.4. The highest BCUT2D eigenvalue weighted by Crippen LogP contribution is 1.94. The standard InChI is InChI=1S/C10H18N2O3/c1-4-5-6-7-12(3)10(15)11-8(2)9(13)14/h4,8H,1,5-7H2,2-3H3,(H,11,15)(H,13,14). The topological polar surface area (TPSA) is 69.6 Å². The molecule has 0 bridgehead atoms. The Morgan fingerprint density at radius 3 is 2.67 bits per heavy atom. The molecular formula is C10H18N2O3. The Morgan fingerprint density at radius 2 is 2.20 bits per heavy atom. The monoisotopic (exact) mass is 214 g/mol. The van der Waals surface area contributed by atoms with E-state index in [0.29, 0.717) is 6.54 Å². The average Bonchev–Trinajstić information content (AvgIpc) is 2.17. The predicted molar refractivity (Wildman–Crippen MR) is 57.7 cm³/mol. The summed E-state index contributed by atoms with van der Waals surface area (Å²) in [5, 5.41) is 10.9. The van der Waals surface area contributed by atoms with Crippen molar-refractivity contribution in [3.05, 3.63) is 12.7 Å². The fraction of sp³-hybridized carbons (Fsp3) is 0.600. The fourth-order valence-corrected chi connectivity index (χ4v) is 0.931. The molecule has 0 aromatic carbocycles. The van der Waals surface area contributed by atoms with Crippen molar-refractivity contribution in [2.24, 2.45) is 0 Å². The number of aliphatic carboxylic acids is 1. The molecule has 5 heteroatoms. The van der Waals surface area contributed by atoms with E-state index in [4.69, 9.17) is 5.11 Å². The molecule has 0 aromatic heterocycles. The molecule has 0 aliphatic rings. The van der Waals surface area contributed by atoms with Crippen LogP contribution in [0.15, 0.2) is 12.7 Å². The predicted octanol–water partition coefficient (Wildman–Crippen LogP) is 1.07. The van der Waals surface area contributed by atoms with Crippen molar-refractivity contribution >= 4 is 12.0 Å². The van der Waals surface area contributed by atoms with Crippen LogP contribution in [0, 0.1) is 0 Å². The van der Waals surface area contributed by atoms with Crippen LogP contribution in [0.1, 0.15) is 19.8 Å². The zero-order chi connectivity index (χ0) is 11.8. The zero-order valence-electron chi connectivity index (χ0n) is 9.19. The average molecular weight is 214 g/mol. The van der Waals surface area contributed by atoms with Crippen molar-refractivity contribution in [1.29, 1.82) is 0 Å². The quantitative estimate of drug-likeness (QED) is 0.513. The molecule has 0 saturated carbocycles. The van der Waals surface area contributed by atoms with Gasteiger partial charge in [0.05, 0.1) is 0 Å². The highest BCUT2D eigenvalue weighted by Gasteiger charge is 2.15. The van der Waals surface area contributed by atoms with Crippen LogP contribution in [0.3, 0.4) is 0 Å². The van der Waals surface area contributed by atoms with Crippen molar-refractivity contribution in [3.8, 4) is 0 Å². The minimum atomic E-state index is -1.04. The van der Waals surface area contributed by atoms with Crippen molar-refractivity contribution in [2.45, 2.75) is 25.8 Å². The van der Waals surface area contributed by atoms with Gasteiger partial charge < -0.3 is 15.3 Å². The Balaban J connectivity index is 3.88. The summed E-state index contributed by atoms with van der Waals surface area (Å²) < 4.78 is 0. The molecule has 0 aliphatic heterocycles. The third-order valence-corrected chi connectivity index (χ3v) is 1.96. The Kier molecular flexibility index (Phi) is 6.17. The van der Waals surface area contributed by atoms with E-state index in [1.807, 2.05) is 0 Å². The van der Waals surface area contributed by atoms with Crippen LogP contribution in [-0.2, 0) is 4.79 Å². The molecule has 0 spiro atoms. The molecule has 0 aromatic rings. The van der Waals surface area contributed by atoms with Gasteiger partial charge in [-0.15, -0.1) is 6.58 Å². The number of nitrogens with zero attached hydrogens (tertiary/aromatic N) is 1. The lowest BCUT2D eigenvalue weighted by molar-refractivity contribution is -0.138. The minimum Gasteiger partial charge on any atom is -0.480 e. The number of nitrogens with one attached hydrogen (secondary N) is 1. The second-order valence-corrected chi connectivity index (χ2v) is 3.36. The van der Waals surface area contributed by atoms with Crippen molar-refractivity contribution < 1.29 is 14.7 Å². The summed E-state index contributed by atoms with van der Waals surface area (Å²) in [6, 6.07) is -1.23. The summed E-state index contributed by atoms with van der Waals surface area (Å²) in [5.41, 5.74) is 0. The van der Waals surface area contributed by atoms with Crippen LogP contribution in [0.2, 0.25) is 0 Å². The van der Waals surface area contributed by atoms with Crippen LogP contribution in [0.4, 0.5) is 4.79 Å². The van der Waals surface area contributed by atoms with E-state index in [1.165, 1.54) is 11.8 Å². The number of rotatable bonds is 6. The van der Waals surface area contributed by atoms with Gasteiger partial charge in [-0.3, -0.25) is 4.79 Å². The number of allylic oxidation sites excluding steroid dienone is 1. The summed E-state index contributed by atoms with van der Waals surface area (Å²) in [6.07, 6.45) is 3.45. The summed E-state index contributed by atoms with van der Waals surface area (Å²) in [4.78, 5) is 23.3. The van der Waals surface area contributed by atoms with E-state index in [9.17, 15) is 9.59 Å². The first-order valence-corrected chi connectivity index (χ1v) is 4.84. The van der Waals surface area contributed by atoms with Gasteiger partial charge in [-0.2, -0.15) is 0 Å². The lowest BCUT2D eigenvalue weighted by atomic mass is 10.3. The molecule has 0 heterocycles. The molecule has 5 nitrogen and oxygen atoms in total. The van der Waals surface area contributed by atoms with E-state index in [2.05, 4.69) is 11.9 Å². The minimum absolute atomic E-state index is 0.367. The van der Waals surface area contributed by atoms with E-state index < -0.39 is 12.0 Å². The second kappa shape index (κ2) is 6.86. The van der Waals surface area contributed by atoms with Gasteiger partial charge in [-0.1, -0.05) is 6.08 Å². The maximum atomic E-state index is 11.4. The van der Waals surface area contributed by atoms with Crippen LogP contribution < -0.4 is 5.32 Å². The Morgan fingerprint density at radius 1 is 1.60 bits per heavy atom. The van der Waals surface area contributed by atoms with Crippen LogP contribution in [-0.4, -0.2) is 41.6 Å². The molecule has 0 saturated heterocycles. The second-order valence-electron chi connectivity index (χ2n) is 3.36. The highest BCUT2D eigenvalue weighted by molar-refractivity contribution is 5.82. The molecule has 0 rings (SSSR count). The Hall–Kier alpha value is -1.52. The lowest BCUT2D eigenvalue weighted by Crippen LogP contribution is -2.45. The van der Waals surface area contributed by atoms with Gasteiger partial charge in [-0.25, -0.2) is 4.79 Å². The molecule has 0 aliphatic carbocycles. The van der Waals surface area contributed by atoms with E-state index >= 15 is 0 Å². The van der Waals surface area contributed by atoms with Crippen LogP contribution in [0.5, 0.6) is 0 Å². The number of hydrogen-bond donors (Lipinski definition) is 2. The van der Waals surface area contributed by atoms with Gasteiger partial charge in [0.1, 0.15) is 6.04 Å². The Labute approximate surface area is 89.8 Å². The smallest absolute Gasteiger partial charge is 0.325 e. The van der Waals surface area contributed by atoms with Gasteiger partial charge in [0.15, 0.2) is 0 Å². The molecular weight excluding hydrogens is 196 g/mol. The largest absolute Gasteiger partial charge is 0.480 e. The fourth-order valence-electron chi connectivity index (χ4n) is 0.931. The number of hydrogen-bond acceptors (Lipinski definition) is 2. The SMILES string of the molecule is C=CCCCN(C)C(=O)NC(C)C(=O)O. The Bertz CT molecular complexity index is 241. The van der Waals surface area contributed by atoms with Gasteiger partial charge in [-0.05, 0) is 19.8 Å². The third-order valence-electron chi connectivity index (χ3n) is 1.96. The maximum Gasteiger partial charge on any atom is 0.325 e. The zero-order valence-corrected chi connectivity index (χ0v) is 9.19. The first-order chi connectivity index (χ1) is 6.99. The van der Waals surface area contributed by atoms with Crippen molar-refractivity contribution in [2.75, 3.05) is 13.6 Å². The third kappa shape index (κ3) is 5.72. The van der Waals surface area contributed by atoms with E-state index in [-0.39, 0.29) is 6.03 Å². The van der Waals surface area contributed by atoms with Crippen LogP contribution >= 0.6 is 0 Å². The number of urea groups is 1. The number of amides is 2. The number of carbonyl (C=O) groups is 2. The van der Waals surface area contributed by atoms with Crippen molar-refractivity contribution in [1.82, 2.24) is 10.2 Å². The molecule has 1 unspecified atom stereocenters. The van der Waals surface area contributed by atoms with Gasteiger partial charge in [0.25, 0.3) is 0 Å². The molecule has 15 heavy (non-hydrogen) atoms. The summed E-state index contributed by atoms with van der Waals surface area (Å²) in [5.74, 6) is -1.04. The van der Waals surface area contributed by atoms with E-state index in [1.54, 1.807) is 13.1 Å². The molecule has 86 valence electrons. The first-order valence-electron chi connectivity index (χ1n) is 4.84. The number of unbranched alkanes of at least 4 members (excludes halogenated alkanes) is 1. The molecule has 2 amide bonds. The molecule has 0 radical (unpaired) electrons. The summed E-state index contributed by atoms with van der Waals surface area (Å²) in [7, 11) is 1.63. The number of carboxylic acid groups (broad SMARTS) is 1. The summed E-state index contributed by atoms with van der Waals surface area (Å²) >= 11 is 0. The van der Waals surface area contributed by atoms with Crippen molar-refractivity contribution in [3.63, 3.8) is 0 Å². The van der Waals surface area contributed by atoms with Gasteiger partial charge in [0, 0.05) is 13.6 Å². The van der Waals surface area contributed by atoms with Crippen LogP contribution in [0.25, 0.3) is 0 Å². The number of carboxylic acids is 1. The number of carbonyl (C=O) groups excluding carboxylic acids is 1.